The predicted octanol–water partition coefficient (Wildman–Crippen LogP) is 6.12. The number of esters is 1. The second kappa shape index (κ2) is 13.3. The number of hydrogen-bond acceptors (Lipinski definition) is 6. The zero-order valence-electron chi connectivity index (χ0n) is 21.0. The van der Waals surface area contributed by atoms with E-state index in [0.29, 0.717) is 28.5 Å². The third-order valence-electron chi connectivity index (χ3n) is 5.79. The van der Waals surface area contributed by atoms with Crippen molar-refractivity contribution in [1.29, 1.82) is 0 Å². The van der Waals surface area contributed by atoms with E-state index in [1.54, 1.807) is 22.8 Å². The third kappa shape index (κ3) is 7.24. The number of aryl methyl sites for hydroxylation is 2. The SMILES string of the molecule is CCCCn1c(=O)c(CCC(=O)OCC(=O)Nc2ccccc2Sc2ccc(Cl)cc2)nc2ccccc21. The number of carbonyl (C=O) groups is 2. The highest BCUT2D eigenvalue weighted by molar-refractivity contribution is 7.99. The van der Waals surface area contributed by atoms with Crippen LogP contribution in [0.3, 0.4) is 0 Å². The first kappa shape index (κ1) is 27.4. The van der Waals surface area contributed by atoms with Gasteiger partial charge >= 0.3 is 5.97 Å². The summed E-state index contributed by atoms with van der Waals surface area (Å²) in [6, 6.07) is 22.3. The van der Waals surface area contributed by atoms with Crippen molar-refractivity contribution in [1.82, 2.24) is 9.55 Å². The molecule has 196 valence electrons. The molecule has 3 aromatic carbocycles. The largest absolute Gasteiger partial charge is 0.456 e. The topological polar surface area (TPSA) is 90.3 Å². The van der Waals surface area contributed by atoms with Crippen LogP contribution in [0, 0.1) is 0 Å². The molecule has 0 aliphatic carbocycles. The number of nitrogens with one attached hydrogen (secondary N) is 1. The molecule has 0 radical (unpaired) electrons. The Balaban J connectivity index is 1.34. The number of nitrogens with zero attached hydrogens (tertiary/aromatic N) is 2. The molecule has 0 saturated heterocycles. The second-order valence-electron chi connectivity index (χ2n) is 8.62. The Morgan fingerprint density at radius 1 is 1.03 bits per heavy atom. The number of benzene rings is 3. The van der Waals surface area contributed by atoms with Crippen molar-refractivity contribution < 1.29 is 14.3 Å². The highest BCUT2D eigenvalue weighted by Crippen LogP contribution is 2.33. The van der Waals surface area contributed by atoms with Crippen LogP contribution in [0.15, 0.2) is 87.4 Å². The van der Waals surface area contributed by atoms with E-state index < -0.39 is 18.5 Å². The molecular weight excluding hydrogens is 522 g/mol. The van der Waals surface area contributed by atoms with E-state index in [9.17, 15) is 14.4 Å². The number of halogens is 1. The highest BCUT2D eigenvalue weighted by atomic mass is 35.5. The quantitative estimate of drug-likeness (QED) is 0.227. The monoisotopic (exact) mass is 549 g/mol. The lowest BCUT2D eigenvalue weighted by Crippen LogP contribution is -2.27. The Bertz CT molecular complexity index is 1490. The van der Waals surface area contributed by atoms with Crippen LogP contribution in [0.25, 0.3) is 11.0 Å². The second-order valence-corrected chi connectivity index (χ2v) is 10.2. The van der Waals surface area contributed by atoms with Gasteiger partial charge in [-0.05, 0) is 55.0 Å². The van der Waals surface area contributed by atoms with Gasteiger partial charge < -0.3 is 14.6 Å². The molecule has 0 unspecified atom stereocenters. The molecule has 0 atom stereocenters. The predicted molar refractivity (Wildman–Crippen MR) is 151 cm³/mol. The summed E-state index contributed by atoms with van der Waals surface area (Å²) in [5.41, 5.74) is 2.22. The minimum absolute atomic E-state index is 0.0509. The van der Waals surface area contributed by atoms with Crippen molar-refractivity contribution in [3.63, 3.8) is 0 Å². The average Bonchev–Trinajstić information content (AvgIpc) is 2.92. The van der Waals surface area contributed by atoms with E-state index in [-0.39, 0.29) is 18.4 Å². The summed E-state index contributed by atoms with van der Waals surface area (Å²) in [6.45, 7) is 2.23. The zero-order chi connectivity index (χ0) is 26.9. The number of anilines is 1. The molecule has 0 spiro atoms. The van der Waals surface area contributed by atoms with Crippen molar-refractivity contribution in [2.24, 2.45) is 0 Å². The summed E-state index contributed by atoms with van der Waals surface area (Å²) in [5.74, 6) is -1.02. The van der Waals surface area contributed by atoms with Crippen LogP contribution < -0.4 is 10.9 Å². The molecule has 7 nitrogen and oxygen atoms in total. The molecule has 0 fully saturated rings. The van der Waals surface area contributed by atoms with Crippen LogP contribution in [-0.4, -0.2) is 28.0 Å². The van der Waals surface area contributed by atoms with Gasteiger partial charge in [0.15, 0.2) is 6.61 Å². The standard InChI is InChI=1S/C29H28ClN3O4S/c1-2-3-18-33-25-10-6-4-8-22(25)31-24(29(33)36)16-17-28(35)37-19-27(34)32-23-9-5-7-11-26(23)38-21-14-12-20(30)13-15-21/h4-15H,2-3,16-19H2,1H3,(H,32,34). The molecule has 0 bridgehead atoms. The van der Waals surface area contributed by atoms with Gasteiger partial charge in [0.25, 0.3) is 11.5 Å². The summed E-state index contributed by atoms with van der Waals surface area (Å²) >= 11 is 7.44. The Morgan fingerprint density at radius 2 is 1.76 bits per heavy atom. The number of ether oxygens (including phenoxy) is 1. The van der Waals surface area contributed by atoms with Crippen molar-refractivity contribution in [3.05, 3.63) is 93.9 Å². The number of aromatic nitrogens is 2. The molecule has 4 aromatic rings. The van der Waals surface area contributed by atoms with Crippen LogP contribution >= 0.6 is 23.4 Å². The van der Waals surface area contributed by atoms with Gasteiger partial charge in [0, 0.05) is 27.8 Å². The first-order valence-corrected chi connectivity index (χ1v) is 13.6. The summed E-state index contributed by atoms with van der Waals surface area (Å²) in [6.07, 6.45) is 1.91. The van der Waals surface area contributed by atoms with Gasteiger partial charge in [-0.25, -0.2) is 4.98 Å². The Kier molecular flexibility index (Phi) is 9.56. The lowest BCUT2D eigenvalue weighted by molar-refractivity contribution is -0.147. The van der Waals surface area contributed by atoms with E-state index in [4.69, 9.17) is 16.3 Å². The molecule has 1 heterocycles. The van der Waals surface area contributed by atoms with Gasteiger partial charge in [-0.3, -0.25) is 14.4 Å². The van der Waals surface area contributed by atoms with Gasteiger partial charge in [-0.1, -0.05) is 61.0 Å². The number of rotatable bonds is 11. The fraction of sp³-hybridized carbons (Fsp3) is 0.241. The van der Waals surface area contributed by atoms with E-state index in [2.05, 4.69) is 17.2 Å². The lowest BCUT2D eigenvalue weighted by atomic mass is 10.2. The van der Waals surface area contributed by atoms with Gasteiger partial charge in [0.05, 0.1) is 23.1 Å². The highest BCUT2D eigenvalue weighted by Gasteiger charge is 2.15. The Labute approximate surface area is 230 Å². The first-order valence-electron chi connectivity index (χ1n) is 12.4. The van der Waals surface area contributed by atoms with Crippen LogP contribution in [0.2, 0.25) is 5.02 Å². The number of hydrogen-bond donors (Lipinski definition) is 1. The number of amides is 1. The Morgan fingerprint density at radius 3 is 2.55 bits per heavy atom. The molecule has 9 heteroatoms. The number of carbonyl (C=O) groups excluding carboxylic acids is 2. The smallest absolute Gasteiger partial charge is 0.306 e. The van der Waals surface area contributed by atoms with Gasteiger partial charge in [-0.2, -0.15) is 0 Å². The minimum Gasteiger partial charge on any atom is -0.456 e. The van der Waals surface area contributed by atoms with Crippen molar-refractivity contribution in [3.8, 4) is 0 Å². The van der Waals surface area contributed by atoms with E-state index in [0.717, 1.165) is 28.1 Å². The molecule has 0 aliphatic rings. The van der Waals surface area contributed by atoms with Gasteiger partial charge in [0.1, 0.15) is 5.69 Å². The van der Waals surface area contributed by atoms with Gasteiger partial charge in [-0.15, -0.1) is 0 Å². The summed E-state index contributed by atoms with van der Waals surface area (Å²) in [4.78, 5) is 44.2. The fourth-order valence-corrected chi connectivity index (χ4v) is 4.89. The van der Waals surface area contributed by atoms with E-state index >= 15 is 0 Å². The van der Waals surface area contributed by atoms with Crippen molar-refractivity contribution >= 4 is 52.0 Å². The molecule has 1 N–H and O–H groups in total. The summed E-state index contributed by atoms with van der Waals surface area (Å²) in [5, 5.41) is 3.45. The molecule has 38 heavy (non-hydrogen) atoms. The molecule has 4 rings (SSSR count). The van der Waals surface area contributed by atoms with Gasteiger partial charge in [0.2, 0.25) is 0 Å². The van der Waals surface area contributed by atoms with Crippen molar-refractivity contribution in [2.45, 2.75) is 48.9 Å². The third-order valence-corrected chi connectivity index (χ3v) is 7.12. The van der Waals surface area contributed by atoms with Crippen LogP contribution in [0.5, 0.6) is 0 Å². The zero-order valence-corrected chi connectivity index (χ0v) is 22.6. The van der Waals surface area contributed by atoms with Crippen molar-refractivity contribution in [2.75, 3.05) is 11.9 Å². The molecule has 0 aliphatic heterocycles. The maximum atomic E-state index is 13.0. The normalized spacial score (nSPS) is 10.9. The average molecular weight is 550 g/mol. The summed E-state index contributed by atoms with van der Waals surface area (Å²) in [7, 11) is 0. The minimum atomic E-state index is -0.571. The number of fused-ring (bicyclic) bond motifs is 1. The molecular formula is C29H28ClN3O4S. The molecule has 0 saturated carbocycles. The van der Waals surface area contributed by atoms with E-state index in [1.165, 1.54) is 11.8 Å². The molecule has 1 amide bonds. The summed E-state index contributed by atoms with van der Waals surface area (Å²) < 4.78 is 6.90. The Hall–Kier alpha value is -3.62. The maximum absolute atomic E-state index is 13.0. The fourth-order valence-electron chi connectivity index (χ4n) is 3.86. The number of para-hydroxylation sites is 3. The number of unbranched alkanes of at least 4 members (excludes halogenated alkanes) is 1. The maximum Gasteiger partial charge on any atom is 0.306 e. The van der Waals surface area contributed by atoms with Crippen LogP contribution in [0.4, 0.5) is 5.69 Å². The first-order chi connectivity index (χ1) is 18.4. The lowest BCUT2D eigenvalue weighted by Gasteiger charge is -2.12. The van der Waals surface area contributed by atoms with Crippen LogP contribution in [0.1, 0.15) is 31.9 Å². The van der Waals surface area contributed by atoms with Crippen LogP contribution in [-0.2, 0) is 27.3 Å². The van der Waals surface area contributed by atoms with E-state index in [1.807, 2.05) is 54.6 Å². The molecule has 1 aromatic heterocycles.